The third kappa shape index (κ3) is 3.43. The Bertz CT molecular complexity index is 271. The van der Waals surface area contributed by atoms with Gasteiger partial charge in [-0.3, -0.25) is 0 Å². The van der Waals surface area contributed by atoms with Gasteiger partial charge in [-0.05, 0) is 25.8 Å². The maximum absolute atomic E-state index is 12.0. The van der Waals surface area contributed by atoms with Crippen molar-refractivity contribution >= 4 is 10.0 Å². The van der Waals surface area contributed by atoms with Crippen molar-refractivity contribution in [3.8, 4) is 0 Å². The Balaban J connectivity index is 2.63. The first kappa shape index (κ1) is 12.9. The molecule has 1 fully saturated rings. The van der Waals surface area contributed by atoms with Crippen LogP contribution in [0.15, 0.2) is 0 Å². The van der Waals surface area contributed by atoms with Crippen LogP contribution in [0.1, 0.15) is 39.0 Å². The van der Waals surface area contributed by atoms with Gasteiger partial charge < -0.3 is 5.73 Å². The van der Waals surface area contributed by atoms with E-state index < -0.39 is 10.0 Å². The first-order valence-corrected chi connectivity index (χ1v) is 7.42. The summed E-state index contributed by atoms with van der Waals surface area (Å²) in [6, 6.07) is 0.248. The molecule has 0 atom stereocenters. The van der Waals surface area contributed by atoms with Crippen LogP contribution in [0.4, 0.5) is 0 Å². The third-order valence-electron chi connectivity index (χ3n) is 3.01. The predicted octanol–water partition coefficient (Wildman–Crippen LogP) is 0.929. The molecular formula is C10H22N2O2S. The highest BCUT2D eigenvalue weighted by Crippen LogP contribution is 2.25. The number of hydrogen-bond acceptors (Lipinski definition) is 3. The molecule has 1 rings (SSSR count). The highest BCUT2D eigenvalue weighted by Gasteiger charge is 2.29. The van der Waals surface area contributed by atoms with Crippen LogP contribution >= 0.6 is 0 Å². The van der Waals surface area contributed by atoms with E-state index in [1.54, 1.807) is 4.31 Å². The summed E-state index contributed by atoms with van der Waals surface area (Å²) in [6.07, 6.45) is 4.93. The number of rotatable bonds is 6. The first-order chi connectivity index (χ1) is 7.11. The SMILES string of the molecule is CCN(C1CCCC1)S(=O)(=O)CCCN. The maximum atomic E-state index is 12.0. The Morgan fingerprint density at radius 3 is 2.40 bits per heavy atom. The summed E-state index contributed by atoms with van der Waals surface area (Å²) < 4.78 is 25.6. The van der Waals surface area contributed by atoms with Crippen molar-refractivity contribution in [3.05, 3.63) is 0 Å². The average Bonchev–Trinajstić information content (AvgIpc) is 2.69. The van der Waals surface area contributed by atoms with Crippen molar-refractivity contribution < 1.29 is 8.42 Å². The quantitative estimate of drug-likeness (QED) is 0.743. The lowest BCUT2D eigenvalue weighted by Gasteiger charge is -2.26. The van der Waals surface area contributed by atoms with E-state index in [9.17, 15) is 8.42 Å². The fraction of sp³-hybridized carbons (Fsp3) is 1.00. The summed E-state index contributed by atoms with van der Waals surface area (Å²) >= 11 is 0. The molecule has 1 aliphatic carbocycles. The lowest BCUT2D eigenvalue weighted by atomic mass is 10.2. The van der Waals surface area contributed by atoms with Crippen LogP contribution in [-0.2, 0) is 10.0 Å². The number of hydrogen-bond donors (Lipinski definition) is 1. The Morgan fingerprint density at radius 2 is 1.93 bits per heavy atom. The smallest absolute Gasteiger partial charge is 0.214 e. The zero-order valence-corrected chi connectivity index (χ0v) is 10.3. The van der Waals surface area contributed by atoms with E-state index in [0.29, 0.717) is 19.5 Å². The van der Waals surface area contributed by atoms with Crippen LogP contribution in [0.25, 0.3) is 0 Å². The van der Waals surface area contributed by atoms with Crippen LogP contribution < -0.4 is 5.73 Å². The Morgan fingerprint density at radius 1 is 1.33 bits per heavy atom. The van der Waals surface area contributed by atoms with Gasteiger partial charge in [-0.2, -0.15) is 4.31 Å². The van der Waals surface area contributed by atoms with Crippen LogP contribution in [0.5, 0.6) is 0 Å². The lowest BCUT2D eigenvalue weighted by molar-refractivity contribution is 0.335. The van der Waals surface area contributed by atoms with Gasteiger partial charge in [-0.25, -0.2) is 8.42 Å². The molecule has 1 aliphatic rings. The van der Waals surface area contributed by atoms with Gasteiger partial charge in [0.2, 0.25) is 10.0 Å². The van der Waals surface area contributed by atoms with Gasteiger partial charge in [0.15, 0.2) is 0 Å². The molecule has 0 aromatic carbocycles. The Labute approximate surface area is 92.9 Å². The zero-order valence-electron chi connectivity index (χ0n) is 9.48. The molecule has 15 heavy (non-hydrogen) atoms. The van der Waals surface area contributed by atoms with E-state index in [0.717, 1.165) is 25.7 Å². The second kappa shape index (κ2) is 5.82. The van der Waals surface area contributed by atoms with Gasteiger partial charge in [0.25, 0.3) is 0 Å². The van der Waals surface area contributed by atoms with E-state index in [2.05, 4.69) is 0 Å². The molecule has 2 N–H and O–H groups in total. The molecule has 0 bridgehead atoms. The summed E-state index contributed by atoms with van der Waals surface area (Å²) in [5.74, 6) is 0.202. The fourth-order valence-electron chi connectivity index (χ4n) is 2.26. The molecule has 4 nitrogen and oxygen atoms in total. The summed E-state index contributed by atoms with van der Waals surface area (Å²) in [6.45, 7) is 2.96. The van der Waals surface area contributed by atoms with Crippen molar-refractivity contribution in [1.29, 1.82) is 0 Å². The predicted molar refractivity (Wildman–Crippen MR) is 62.1 cm³/mol. The van der Waals surface area contributed by atoms with Gasteiger partial charge in [0.05, 0.1) is 5.75 Å². The average molecular weight is 234 g/mol. The molecular weight excluding hydrogens is 212 g/mol. The molecule has 0 radical (unpaired) electrons. The van der Waals surface area contributed by atoms with E-state index >= 15 is 0 Å². The van der Waals surface area contributed by atoms with E-state index in [-0.39, 0.29) is 11.8 Å². The van der Waals surface area contributed by atoms with E-state index in [4.69, 9.17) is 5.73 Å². The highest BCUT2D eigenvalue weighted by atomic mass is 32.2. The summed E-state index contributed by atoms with van der Waals surface area (Å²) in [4.78, 5) is 0. The lowest BCUT2D eigenvalue weighted by Crippen LogP contribution is -2.40. The summed E-state index contributed by atoms with van der Waals surface area (Å²) in [5.41, 5.74) is 5.35. The van der Waals surface area contributed by atoms with Gasteiger partial charge in [-0.1, -0.05) is 19.8 Å². The van der Waals surface area contributed by atoms with Gasteiger partial charge in [0, 0.05) is 12.6 Å². The fourth-order valence-corrected chi connectivity index (χ4v) is 4.08. The second-order valence-electron chi connectivity index (χ2n) is 4.10. The van der Waals surface area contributed by atoms with Crippen LogP contribution in [0.2, 0.25) is 0 Å². The standard InChI is InChI=1S/C10H22N2O2S/c1-2-12(10-6-3-4-7-10)15(13,14)9-5-8-11/h10H,2-9,11H2,1H3. The highest BCUT2D eigenvalue weighted by molar-refractivity contribution is 7.89. The normalized spacial score (nSPS) is 18.9. The van der Waals surface area contributed by atoms with E-state index in [1.807, 2.05) is 6.92 Å². The molecule has 0 aromatic heterocycles. The minimum absolute atomic E-state index is 0.202. The van der Waals surface area contributed by atoms with Crippen molar-refractivity contribution in [2.24, 2.45) is 5.73 Å². The van der Waals surface area contributed by atoms with Crippen molar-refractivity contribution in [2.75, 3.05) is 18.8 Å². The summed E-state index contributed by atoms with van der Waals surface area (Å²) in [5, 5.41) is 0. The van der Waals surface area contributed by atoms with Crippen molar-refractivity contribution in [3.63, 3.8) is 0 Å². The molecule has 1 saturated carbocycles. The molecule has 0 saturated heterocycles. The molecule has 0 spiro atoms. The monoisotopic (exact) mass is 234 g/mol. The topological polar surface area (TPSA) is 63.4 Å². The molecule has 0 heterocycles. The zero-order chi connectivity index (χ0) is 11.3. The second-order valence-corrected chi connectivity index (χ2v) is 6.14. The minimum Gasteiger partial charge on any atom is -0.330 e. The number of sulfonamides is 1. The summed E-state index contributed by atoms with van der Waals surface area (Å²) in [7, 11) is -3.06. The van der Waals surface area contributed by atoms with Crippen molar-refractivity contribution in [2.45, 2.75) is 45.1 Å². The van der Waals surface area contributed by atoms with Gasteiger partial charge in [0.1, 0.15) is 0 Å². The minimum atomic E-state index is -3.06. The molecule has 0 unspecified atom stereocenters. The van der Waals surface area contributed by atoms with Crippen LogP contribution in [-0.4, -0.2) is 37.6 Å². The maximum Gasteiger partial charge on any atom is 0.214 e. The molecule has 90 valence electrons. The van der Waals surface area contributed by atoms with Crippen LogP contribution in [0, 0.1) is 0 Å². The third-order valence-corrected chi connectivity index (χ3v) is 5.08. The molecule has 0 aromatic rings. The van der Waals surface area contributed by atoms with Gasteiger partial charge in [-0.15, -0.1) is 0 Å². The van der Waals surface area contributed by atoms with Crippen molar-refractivity contribution in [1.82, 2.24) is 4.31 Å². The molecule has 0 aliphatic heterocycles. The molecule has 0 amide bonds. The first-order valence-electron chi connectivity index (χ1n) is 5.81. The Hall–Kier alpha value is -0.130. The number of nitrogens with zero attached hydrogens (tertiary/aromatic N) is 1. The van der Waals surface area contributed by atoms with Gasteiger partial charge >= 0.3 is 0 Å². The Kier molecular flexibility index (Phi) is 5.02. The number of nitrogens with two attached hydrogens (primary N) is 1. The molecule has 5 heteroatoms. The van der Waals surface area contributed by atoms with Crippen LogP contribution in [0.3, 0.4) is 0 Å². The largest absolute Gasteiger partial charge is 0.330 e. The van der Waals surface area contributed by atoms with E-state index in [1.165, 1.54) is 0 Å².